The van der Waals surface area contributed by atoms with Gasteiger partial charge in [0.25, 0.3) is 0 Å². The smallest absolute Gasteiger partial charge is 0.408 e. The minimum Gasteiger partial charge on any atom is -0.508 e. The summed E-state index contributed by atoms with van der Waals surface area (Å²) in [5.74, 6) is -13.8. The van der Waals surface area contributed by atoms with E-state index in [2.05, 4.69) is 59.5 Å². The molecule has 6 aromatic rings. The molecule has 0 saturated carbocycles. The third-order valence-corrected chi connectivity index (χ3v) is 24.0. The lowest BCUT2D eigenvalue weighted by atomic mass is 9.85. The fourth-order valence-electron chi connectivity index (χ4n) is 15.7. The van der Waals surface area contributed by atoms with Gasteiger partial charge in [-0.25, -0.2) is 22.7 Å². The average Bonchev–Trinajstić information content (AvgIpc) is 1.34. The Balaban J connectivity index is 1.02. The van der Waals surface area contributed by atoms with Gasteiger partial charge in [0.05, 0.1) is 47.2 Å². The highest BCUT2D eigenvalue weighted by Gasteiger charge is 2.56. The lowest BCUT2D eigenvalue weighted by molar-refractivity contribution is -0.332. The molecule has 40 heteroatoms. The van der Waals surface area contributed by atoms with Crippen LogP contribution in [0, 0.1) is 19.8 Å². The van der Waals surface area contributed by atoms with Gasteiger partial charge in [0.1, 0.15) is 89.5 Å². The maximum absolute atomic E-state index is 16.4. The van der Waals surface area contributed by atoms with E-state index in [0.29, 0.717) is 12.4 Å². The van der Waals surface area contributed by atoms with Crippen LogP contribution in [0.1, 0.15) is 148 Å². The molecule has 3 fully saturated rings. The summed E-state index contributed by atoms with van der Waals surface area (Å²) in [6.45, 7) is 10.8. The van der Waals surface area contributed by atoms with Crippen molar-refractivity contribution >= 4 is 75.0 Å². The SMILES string of the molecule is CCCCCOc1ccc(S(=O)(=O)NCCNCc2c(O)cc3c(c2C)-c2cc(ccc2O)[C@H]2NC(=O)[C@@H]4NC(=O)[C@H](CC(N)=O)NC(=O)[C@H](NC(=O)[C@@H](CC(C)C)NC)[C@H](O)c5ccc(c(C)c5)Oc5cc4cc(c5O[C@@H]4O[C@H](CO)[C@@H](O)[C@H](O)[C@H]4O[C@H]4C[C@]5(C)NC(=O)O[C@@H]5[C@H](C)O4)Oc4ccc(cc4Cl)[C@@H](O)[C@H](NC2=O)C(=O)N[C@@H]3C(=O)O)cc1. The van der Waals surface area contributed by atoms with Crippen molar-refractivity contribution in [2.75, 3.05) is 33.4 Å². The van der Waals surface area contributed by atoms with Crippen molar-refractivity contribution in [1.82, 2.24) is 52.6 Å². The van der Waals surface area contributed by atoms with E-state index in [-0.39, 0.29) is 99.3 Å². The number of nitrogens with two attached hydrogens (primary N) is 1. The number of aliphatic hydroxyl groups excluding tert-OH is 5. The van der Waals surface area contributed by atoms with Crippen molar-refractivity contribution in [3.63, 3.8) is 0 Å². The second-order valence-corrected chi connectivity index (χ2v) is 33.8. The number of carboxylic acid groups (broad SMARTS) is 1. The number of benzene rings is 6. The first-order valence-electron chi connectivity index (χ1n) is 39.9. The third kappa shape index (κ3) is 20.3. The first kappa shape index (κ1) is 91.2. The number of carboxylic acids is 1. The van der Waals surface area contributed by atoms with Gasteiger partial charge in [-0.3, -0.25) is 33.6 Å². The average molecular weight is 1750 g/mol. The lowest BCUT2D eigenvalue weighted by Crippen LogP contribution is -2.63. The Hall–Kier alpha value is -11.1. The topological polar surface area (TPSA) is 570 Å². The van der Waals surface area contributed by atoms with Crippen LogP contribution < -0.4 is 77.3 Å². The fourth-order valence-corrected chi connectivity index (χ4v) is 17.0. The molecule has 8 amide bonds. The Morgan fingerprint density at radius 3 is 2.07 bits per heavy atom. The number of aliphatic carboxylic acids is 1. The maximum Gasteiger partial charge on any atom is 0.408 e. The molecular weight excluding hydrogens is 1650 g/mol. The highest BCUT2D eigenvalue weighted by atomic mass is 35.5. The van der Waals surface area contributed by atoms with Crippen molar-refractivity contribution < 1.29 is 130 Å². The van der Waals surface area contributed by atoms with Gasteiger partial charge in [0, 0.05) is 37.2 Å². The summed E-state index contributed by atoms with van der Waals surface area (Å²) in [6.07, 6.45) is -15.9. The van der Waals surface area contributed by atoms with Crippen molar-refractivity contribution in [3.05, 3.63) is 147 Å². The number of hydrogen-bond acceptors (Lipinski definition) is 28. The van der Waals surface area contributed by atoms with Crippen LogP contribution in [-0.4, -0.2) is 215 Å². The minimum atomic E-state index is -4.09. The first-order valence-corrected chi connectivity index (χ1v) is 41.8. The molecular formula is C83H100ClN11O27S. The quantitative estimate of drug-likeness (QED) is 0.0366. The molecule has 38 nitrogen and oxygen atoms in total. The third-order valence-electron chi connectivity index (χ3n) is 22.2. The van der Waals surface area contributed by atoms with Crippen LogP contribution in [0.3, 0.4) is 0 Å². The second-order valence-electron chi connectivity index (χ2n) is 31.6. The summed E-state index contributed by atoms with van der Waals surface area (Å²) in [4.78, 5) is 132. The summed E-state index contributed by atoms with van der Waals surface area (Å²) in [5, 5.41) is 118. The number of amides is 8. The van der Waals surface area contributed by atoms with Crippen LogP contribution in [0.5, 0.6) is 46.0 Å². The van der Waals surface area contributed by atoms with E-state index in [1.165, 1.54) is 69.4 Å². The van der Waals surface area contributed by atoms with Gasteiger partial charge in [-0.15, -0.1) is 0 Å². The zero-order valence-electron chi connectivity index (χ0n) is 68.1. The number of rotatable bonds is 25. The molecule has 6 aromatic carbocycles. The van der Waals surface area contributed by atoms with Crippen LogP contribution in [0.4, 0.5) is 4.79 Å². The predicted octanol–water partition coefficient (Wildman–Crippen LogP) is 2.79. The number of fused-ring (bicyclic) bond motifs is 16. The summed E-state index contributed by atoms with van der Waals surface area (Å²) in [6, 6.07) is 5.55. The lowest BCUT2D eigenvalue weighted by Gasteiger charge is -2.46. The van der Waals surface area contributed by atoms with Crippen LogP contribution >= 0.6 is 11.6 Å². The molecule has 0 spiro atoms. The number of sulfonamides is 1. The molecule has 11 bridgehead atoms. The normalized spacial score (nSPS) is 26.7. The van der Waals surface area contributed by atoms with Gasteiger partial charge in [-0.1, -0.05) is 63.4 Å². The highest BCUT2D eigenvalue weighted by molar-refractivity contribution is 7.89. The predicted molar refractivity (Wildman–Crippen MR) is 434 cm³/mol. The fraction of sp³-hybridized carbons (Fsp3) is 0.458. The zero-order chi connectivity index (χ0) is 89.0. The minimum absolute atomic E-state index is 0.0274. The number of nitrogens with one attached hydrogen (secondary N) is 10. The Morgan fingerprint density at radius 1 is 0.740 bits per heavy atom. The molecule has 20 N–H and O–H groups in total. The molecule has 0 radical (unpaired) electrons. The summed E-state index contributed by atoms with van der Waals surface area (Å²) in [5.41, 5.74) is 2.95. The number of aromatic hydroxyl groups is 2. The van der Waals surface area contributed by atoms with E-state index in [1.54, 1.807) is 13.8 Å². The highest BCUT2D eigenvalue weighted by Crippen LogP contribution is 2.50. The number of primary amides is 1. The zero-order valence-corrected chi connectivity index (χ0v) is 69.7. The van der Waals surface area contributed by atoms with Crippen molar-refractivity contribution in [3.8, 4) is 57.1 Å². The van der Waals surface area contributed by atoms with Gasteiger partial charge in [-0.05, 0) is 177 Å². The molecule has 8 aliphatic rings. The van der Waals surface area contributed by atoms with E-state index in [4.69, 9.17) is 55.2 Å². The molecule has 14 rings (SSSR count). The molecule has 8 aliphatic heterocycles. The van der Waals surface area contributed by atoms with Gasteiger partial charge in [0.2, 0.25) is 63.4 Å². The van der Waals surface area contributed by atoms with Crippen molar-refractivity contribution in [2.45, 2.75) is 208 Å². The Labute approximate surface area is 710 Å². The molecule has 662 valence electrons. The number of alkyl carbamates (subject to hydrolysis) is 1. The van der Waals surface area contributed by atoms with Crippen LogP contribution in [0.2, 0.25) is 5.02 Å². The number of ether oxygens (including phenoxy) is 8. The van der Waals surface area contributed by atoms with Gasteiger partial charge < -0.3 is 132 Å². The number of carbonyl (C=O) groups excluding carboxylic acids is 8. The standard InChI is InChI=1S/C83H100ClN11O27S/c1-9-10-11-24-115-44-15-17-45(18-16-44)123(113,114)88-23-22-87-34-48-38(5)61-46-27-40(12-19-52(46)97)62-76(106)94-66(79(109)92-64(80(110)111)47(61)31-53(48)98)68(101)42-14-21-55(49(84)28-42)118-57-30-43-29-56(71(57)121-81-72(70(103)69(102)58(35-96)119-81)120-60-33-83(7)73(39(6)116-60)122-82(112)95-83)117-54-20-13-41(26-37(54)4)67(100)65(93-74(104)50(86-8)25-36(2)3)78(108)89-51(32-59(85)99)75(105)90-63(43)77(107)91-62/h12-21,26-31,36,39,50-51,58,60,62-70,72-73,81,86-88,96-98,100-103H,9-11,22-25,32-35H2,1-8H3,(H2,85,99)(H,89,108)(H,90,105)(H,91,107)(H,92,109)(H,93,104)(H,94,106)(H,95,112)(H,110,111)/t39-,50+,51-,58+,60-,62+,63+,64-,65+,66-,67+,68+,69+,70-,72+,73+,81-,83-/m0/s1. The number of halogens is 1. The van der Waals surface area contributed by atoms with Crippen molar-refractivity contribution in [2.24, 2.45) is 11.7 Å². The molecule has 0 unspecified atom stereocenters. The van der Waals surface area contributed by atoms with Gasteiger partial charge >= 0.3 is 12.1 Å². The van der Waals surface area contributed by atoms with E-state index < -0.39 is 231 Å². The van der Waals surface area contributed by atoms with Crippen molar-refractivity contribution in [1.29, 1.82) is 0 Å². The molecule has 18 atom stereocenters. The van der Waals surface area contributed by atoms with E-state index in [1.807, 2.05) is 13.8 Å². The number of aryl methyl sites for hydroxylation is 1. The number of phenols is 2. The first-order chi connectivity index (χ1) is 58.4. The maximum atomic E-state index is 16.4. The summed E-state index contributed by atoms with van der Waals surface area (Å²) < 4.78 is 80.1. The number of hydrogen-bond donors (Lipinski definition) is 19. The molecule has 0 aromatic heterocycles. The Morgan fingerprint density at radius 2 is 1.41 bits per heavy atom. The molecule has 3 saturated heterocycles. The van der Waals surface area contributed by atoms with E-state index in [0.717, 1.165) is 67.8 Å². The Bertz CT molecular complexity index is 5150. The number of aliphatic hydroxyl groups is 5. The molecule has 123 heavy (non-hydrogen) atoms. The number of likely N-dealkylation sites (N-methyl/N-ethyl adjacent to an activating group) is 1. The van der Waals surface area contributed by atoms with Gasteiger partial charge in [0.15, 0.2) is 36.0 Å². The monoisotopic (exact) mass is 1750 g/mol. The van der Waals surface area contributed by atoms with Crippen LogP contribution in [0.15, 0.2) is 102 Å². The van der Waals surface area contributed by atoms with E-state index in [9.17, 15) is 68.4 Å². The Kier molecular flexibility index (Phi) is 28.4. The summed E-state index contributed by atoms with van der Waals surface area (Å²) in [7, 11) is -2.60. The number of unbranched alkanes of at least 4 members (excludes halogenated alkanes) is 2. The van der Waals surface area contributed by atoms with Crippen LogP contribution in [-0.2, 0) is 73.9 Å². The molecule has 0 aliphatic carbocycles. The largest absolute Gasteiger partial charge is 0.508 e. The van der Waals surface area contributed by atoms with Crippen LogP contribution in [0.25, 0.3) is 11.1 Å². The number of carbonyl (C=O) groups is 9. The summed E-state index contributed by atoms with van der Waals surface area (Å²) >= 11 is 7.19. The second kappa shape index (κ2) is 38.4. The van der Waals surface area contributed by atoms with Gasteiger partial charge in [-0.2, -0.15) is 0 Å². The van der Waals surface area contributed by atoms with E-state index >= 15 is 24.0 Å². The number of phenolic OH excluding ortho intramolecular Hbond substituents is 2. The molecule has 8 heterocycles.